The van der Waals surface area contributed by atoms with Crippen LogP contribution in [0.25, 0.3) is 22.6 Å². The summed E-state index contributed by atoms with van der Waals surface area (Å²) in [6, 6.07) is 15.2. The van der Waals surface area contributed by atoms with E-state index in [9.17, 15) is 4.79 Å². The van der Waals surface area contributed by atoms with Crippen LogP contribution in [-0.4, -0.2) is 26.4 Å². The number of hydrogen-bond donors (Lipinski definition) is 1. The molecule has 0 saturated carbocycles. The van der Waals surface area contributed by atoms with E-state index in [1.54, 1.807) is 6.08 Å². The highest BCUT2D eigenvalue weighted by Gasteiger charge is 2.18. The predicted molar refractivity (Wildman–Crippen MR) is 127 cm³/mol. The van der Waals surface area contributed by atoms with Crippen molar-refractivity contribution in [2.75, 3.05) is 11.1 Å². The zero-order valence-corrected chi connectivity index (χ0v) is 19.6. The molecular weight excluding hydrogens is 532 g/mol. The molecule has 4 rings (SSSR count). The molecule has 2 aromatic carbocycles. The molecule has 0 unspecified atom stereocenters. The Morgan fingerprint density at radius 2 is 1.90 bits per heavy atom. The molecule has 0 aliphatic carbocycles. The van der Waals surface area contributed by atoms with Gasteiger partial charge in [-0.15, -0.1) is 16.8 Å². The van der Waals surface area contributed by atoms with Crippen LogP contribution in [0, 0.1) is 0 Å². The Hall–Kier alpha value is -2.36. The quantitative estimate of drug-likeness (QED) is 0.222. The number of anilines is 1. The molecule has 0 spiro atoms. The van der Waals surface area contributed by atoms with Crippen LogP contribution in [0.4, 0.5) is 5.69 Å². The number of nitrogens with zero attached hydrogens (tertiary/aromatic N) is 3. The van der Waals surface area contributed by atoms with Crippen LogP contribution in [0.15, 0.2) is 79.7 Å². The van der Waals surface area contributed by atoms with Gasteiger partial charge in [-0.1, -0.05) is 49.7 Å². The molecular formula is C21H16Br2N4O2S. The maximum absolute atomic E-state index is 12.3. The summed E-state index contributed by atoms with van der Waals surface area (Å²) in [6.45, 7) is 4.32. The standard InChI is InChI=1S/C21H16Br2N4O2S/c1-2-9-27-20(18-11-13-10-15(23)5-8-17(13)29-18)25-26-21(27)30-12-19(28)24-16-6-3-14(22)4-7-16/h2-8,10-11H,1,9,12H2,(H,24,28). The lowest BCUT2D eigenvalue weighted by atomic mass is 10.2. The van der Waals surface area contributed by atoms with E-state index in [4.69, 9.17) is 4.42 Å². The van der Waals surface area contributed by atoms with E-state index in [-0.39, 0.29) is 11.7 Å². The zero-order chi connectivity index (χ0) is 21.1. The predicted octanol–water partition coefficient (Wildman–Crippen LogP) is 6.13. The lowest BCUT2D eigenvalue weighted by molar-refractivity contribution is -0.113. The van der Waals surface area contributed by atoms with Gasteiger partial charge in [0, 0.05) is 26.6 Å². The SMILES string of the molecule is C=CCn1c(SCC(=O)Nc2ccc(Br)cc2)nnc1-c1cc2cc(Br)ccc2o1. The fraction of sp³-hybridized carbons (Fsp3) is 0.0952. The van der Waals surface area contributed by atoms with Crippen LogP contribution in [0.2, 0.25) is 0 Å². The second-order valence-electron chi connectivity index (χ2n) is 6.34. The van der Waals surface area contributed by atoms with E-state index in [1.165, 1.54) is 11.8 Å². The van der Waals surface area contributed by atoms with E-state index in [0.29, 0.717) is 23.3 Å². The summed E-state index contributed by atoms with van der Waals surface area (Å²) < 4.78 is 9.77. The summed E-state index contributed by atoms with van der Waals surface area (Å²) in [5.74, 6) is 1.30. The molecule has 0 saturated heterocycles. The number of fused-ring (bicyclic) bond motifs is 1. The Morgan fingerprint density at radius 1 is 1.13 bits per heavy atom. The number of hydrogen-bond acceptors (Lipinski definition) is 5. The van der Waals surface area contributed by atoms with Gasteiger partial charge in [-0.3, -0.25) is 9.36 Å². The summed E-state index contributed by atoms with van der Waals surface area (Å²) in [7, 11) is 0. The van der Waals surface area contributed by atoms with Gasteiger partial charge in [0.05, 0.1) is 5.75 Å². The van der Waals surface area contributed by atoms with Crippen molar-refractivity contribution in [2.45, 2.75) is 11.7 Å². The smallest absolute Gasteiger partial charge is 0.234 e. The van der Waals surface area contributed by atoms with Crippen molar-refractivity contribution < 1.29 is 9.21 Å². The molecule has 152 valence electrons. The number of aromatic nitrogens is 3. The number of furan rings is 1. The van der Waals surface area contributed by atoms with Gasteiger partial charge in [0.25, 0.3) is 0 Å². The van der Waals surface area contributed by atoms with Gasteiger partial charge in [-0.25, -0.2) is 0 Å². The molecule has 1 amide bonds. The first kappa shape index (κ1) is 20.9. The van der Waals surface area contributed by atoms with E-state index in [0.717, 1.165) is 25.6 Å². The average molecular weight is 548 g/mol. The first-order valence-corrected chi connectivity index (χ1v) is 11.5. The van der Waals surface area contributed by atoms with Gasteiger partial charge < -0.3 is 9.73 Å². The van der Waals surface area contributed by atoms with E-state index >= 15 is 0 Å². The molecule has 4 aromatic rings. The van der Waals surface area contributed by atoms with Crippen molar-refractivity contribution in [3.63, 3.8) is 0 Å². The molecule has 0 bridgehead atoms. The molecule has 0 fully saturated rings. The second-order valence-corrected chi connectivity index (χ2v) is 9.12. The largest absolute Gasteiger partial charge is 0.453 e. The van der Waals surface area contributed by atoms with Crippen LogP contribution in [0.1, 0.15) is 0 Å². The molecule has 0 radical (unpaired) electrons. The van der Waals surface area contributed by atoms with Crippen molar-refractivity contribution in [3.8, 4) is 11.6 Å². The van der Waals surface area contributed by atoms with Gasteiger partial charge in [0.2, 0.25) is 11.7 Å². The molecule has 0 aliphatic rings. The van der Waals surface area contributed by atoms with E-state index in [1.807, 2.05) is 53.1 Å². The van der Waals surface area contributed by atoms with Crippen molar-refractivity contribution in [3.05, 3.63) is 70.1 Å². The number of carbonyl (C=O) groups excluding carboxylic acids is 1. The molecule has 9 heteroatoms. The third kappa shape index (κ3) is 4.69. The topological polar surface area (TPSA) is 73.0 Å². The lowest BCUT2D eigenvalue weighted by Gasteiger charge is -2.07. The summed E-state index contributed by atoms with van der Waals surface area (Å²) in [6.07, 6.45) is 1.76. The summed E-state index contributed by atoms with van der Waals surface area (Å²) in [4.78, 5) is 12.3. The number of nitrogens with one attached hydrogen (secondary N) is 1. The van der Waals surface area contributed by atoms with E-state index in [2.05, 4.69) is 54.0 Å². The molecule has 0 aliphatic heterocycles. The third-order valence-corrected chi connectivity index (χ3v) is 6.18. The number of carbonyl (C=O) groups is 1. The number of halogens is 2. The van der Waals surface area contributed by atoms with Crippen molar-refractivity contribution in [1.82, 2.24) is 14.8 Å². The van der Waals surface area contributed by atoms with Gasteiger partial charge >= 0.3 is 0 Å². The fourth-order valence-corrected chi connectivity index (χ4v) is 4.25. The first-order chi connectivity index (χ1) is 14.5. The van der Waals surface area contributed by atoms with Crippen LogP contribution < -0.4 is 5.32 Å². The van der Waals surface area contributed by atoms with E-state index < -0.39 is 0 Å². The number of rotatable bonds is 7. The van der Waals surface area contributed by atoms with Gasteiger partial charge in [-0.2, -0.15) is 0 Å². The highest BCUT2D eigenvalue weighted by molar-refractivity contribution is 9.10. The van der Waals surface area contributed by atoms with Crippen molar-refractivity contribution >= 4 is 66.2 Å². The molecule has 2 heterocycles. The Morgan fingerprint density at radius 3 is 2.67 bits per heavy atom. The summed E-state index contributed by atoms with van der Waals surface area (Å²) in [5.41, 5.74) is 1.51. The minimum Gasteiger partial charge on any atom is -0.453 e. The lowest BCUT2D eigenvalue weighted by Crippen LogP contribution is -2.14. The number of benzene rings is 2. The normalized spacial score (nSPS) is 11.0. The third-order valence-electron chi connectivity index (χ3n) is 4.19. The van der Waals surface area contributed by atoms with Crippen LogP contribution in [0.5, 0.6) is 0 Å². The van der Waals surface area contributed by atoms with Crippen LogP contribution in [-0.2, 0) is 11.3 Å². The Labute approximate surface area is 194 Å². The minimum absolute atomic E-state index is 0.120. The molecule has 30 heavy (non-hydrogen) atoms. The number of thioether (sulfide) groups is 1. The highest BCUT2D eigenvalue weighted by atomic mass is 79.9. The molecule has 0 atom stereocenters. The Bertz CT molecular complexity index is 1220. The average Bonchev–Trinajstić information content (AvgIpc) is 3.32. The monoisotopic (exact) mass is 546 g/mol. The summed E-state index contributed by atoms with van der Waals surface area (Å²) in [5, 5.41) is 13.0. The zero-order valence-electron chi connectivity index (χ0n) is 15.6. The Balaban J connectivity index is 1.52. The van der Waals surface area contributed by atoms with Crippen LogP contribution >= 0.6 is 43.6 Å². The van der Waals surface area contributed by atoms with Gasteiger partial charge in [0.1, 0.15) is 5.58 Å². The summed E-state index contributed by atoms with van der Waals surface area (Å²) >= 11 is 8.16. The molecule has 2 aromatic heterocycles. The fourth-order valence-electron chi connectivity index (χ4n) is 2.86. The maximum Gasteiger partial charge on any atom is 0.234 e. The Kier molecular flexibility index (Phi) is 6.40. The number of allylic oxidation sites excluding steroid dienone is 1. The highest BCUT2D eigenvalue weighted by Crippen LogP contribution is 2.31. The molecule has 6 nitrogen and oxygen atoms in total. The number of amides is 1. The maximum atomic E-state index is 12.3. The second kappa shape index (κ2) is 9.20. The van der Waals surface area contributed by atoms with Crippen molar-refractivity contribution in [2.24, 2.45) is 0 Å². The van der Waals surface area contributed by atoms with Crippen LogP contribution in [0.3, 0.4) is 0 Å². The minimum atomic E-state index is -0.120. The first-order valence-electron chi connectivity index (χ1n) is 8.95. The van der Waals surface area contributed by atoms with Gasteiger partial charge in [-0.05, 0) is 48.5 Å². The molecule has 1 N–H and O–H groups in total. The van der Waals surface area contributed by atoms with Crippen molar-refractivity contribution in [1.29, 1.82) is 0 Å². The van der Waals surface area contributed by atoms with Gasteiger partial charge in [0.15, 0.2) is 10.9 Å².